The lowest BCUT2D eigenvalue weighted by molar-refractivity contribution is -0.117. The molecule has 5 rings (SSSR count). The van der Waals surface area contributed by atoms with E-state index >= 15 is 0 Å². The maximum atomic E-state index is 13.8. The van der Waals surface area contributed by atoms with Crippen LogP contribution in [0.4, 0.5) is 10.1 Å². The minimum atomic E-state index is -0.483. The van der Waals surface area contributed by atoms with Gasteiger partial charge in [0, 0.05) is 34.6 Å². The Balaban J connectivity index is 1.25. The number of hydrogen-bond acceptors (Lipinski definition) is 3. The van der Waals surface area contributed by atoms with Gasteiger partial charge in [0.1, 0.15) is 5.82 Å². The number of rotatable bonds is 4. The van der Waals surface area contributed by atoms with Gasteiger partial charge in [-0.1, -0.05) is 11.6 Å². The van der Waals surface area contributed by atoms with Gasteiger partial charge >= 0.3 is 0 Å². The van der Waals surface area contributed by atoms with Crippen LogP contribution in [0.3, 0.4) is 0 Å². The Bertz CT molecular complexity index is 1120. The van der Waals surface area contributed by atoms with Crippen LogP contribution in [0.15, 0.2) is 54.7 Å². The largest absolute Gasteiger partial charge is 0.392 e. The number of benzene rings is 2. The molecule has 2 aliphatic carbocycles. The highest BCUT2D eigenvalue weighted by atomic mass is 35.5. The van der Waals surface area contributed by atoms with E-state index in [2.05, 4.69) is 10.3 Å². The quantitative estimate of drug-likeness (QED) is 0.561. The average molecular weight is 439 g/mol. The number of pyridine rings is 1. The van der Waals surface area contributed by atoms with Gasteiger partial charge in [0.05, 0.1) is 11.6 Å². The van der Waals surface area contributed by atoms with E-state index in [0.29, 0.717) is 17.4 Å². The van der Waals surface area contributed by atoms with Gasteiger partial charge in [-0.3, -0.25) is 9.78 Å². The summed E-state index contributed by atoms with van der Waals surface area (Å²) < 4.78 is 13.8. The molecule has 1 amide bonds. The number of amides is 1. The summed E-state index contributed by atoms with van der Waals surface area (Å²) in [6.07, 6.45) is 4.34. The number of fused-ring (bicyclic) bond motifs is 2. The van der Waals surface area contributed by atoms with Crippen molar-refractivity contribution in [2.24, 2.45) is 17.8 Å². The summed E-state index contributed by atoms with van der Waals surface area (Å²) in [5.41, 5.74) is 2.47. The van der Waals surface area contributed by atoms with E-state index < -0.39 is 6.10 Å². The number of anilines is 1. The van der Waals surface area contributed by atoms with E-state index in [0.717, 1.165) is 41.4 Å². The predicted molar refractivity (Wildman–Crippen MR) is 119 cm³/mol. The zero-order valence-electron chi connectivity index (χ0n) is 17.0. The minimum absolute atomic E-state index is 0.00561. The summed E-state index contributed by atoms with van der Waals surface area (Å²) >= 11 is 5.89. The summed E-state index contributed by atoms with van der Waals surface area (Å²) in [4.78, 5) is 16.8. The highest BCUT2D eigenvalue weighted by Crippen LogP contribution is 2.54. The molecule has 2 aliphatic rings. The third-order valence-corrected chi connectivity index (χ3v) is 7.25. The Kier molecular flexibility index (Phi) is 5.40. The second kappa shape index (κ2) is 8.21. The van der Waals surface area contributed by atoms with E-state index in [1.807, 2.05) is 6.07 Å². The number of carbonyl (C=O) groups is 1. The first kappa shape index (κ1) is 20.4. The number of halogens is 2. The summed E-state index contributed by atoms with van der Waals surface area (Å²) in [6, 6.07) is 13.6. The lowest BCUT2D eigenvalue weighted by Crippen LogP contribution is -2.21. The number of carbonyl (C=O) groups excluding carboxylic acids is 1. The Morgan fingerprint density at radius 3 is 2.71 bits per heavy atom. The standard InChI is InChI=1S/C25H24ClFN2O2/c26-16-1-4-18(5-2-16)29-24(30)11-14-9-15-12-22(25(31)20(15)10-14)19-7-8-28-23-6-3-17(27)13-21(19)23/h1-8,13-15,20,22,25,31H,9-12H2,(H,29,30)/t14-,15-,20-,22?,25?/m1/s1. The van der Waals surface area contributed by atoms with E-state index in [9.17, 15) is 14.3 Å². The van der Waals surface area contributed by atoms with Gasteiger partial charge in [-0.25, -0.2) is 4.39 Å². The molecule has 4 nitrogen and oxygen atoms in total. The zero-order valence-corrected chi connectivity index (χ0v) is 17.7. The fourth-order valence-electron chi connectivity index (χ4n) is 5.68. The minimum Gasteiger partial charge on any atom is -0.392 e. The van der Waals surface area contributed by atoms with Crippen LogP contribution in [0, 0.1) is 23.6 Å². The lowest BCUT2D eigenvalue weighted by atomic mass is 9.88. The molecule has 1 aromatic heterocycles. The Hall–Kier alpha value is -2.50. The van der Waals surface area contributed by atoms with Crippen LogP contribution in [0.5, 0.6) is 0 Å². The molecule has 6 heteroatoms. The Labute approximate surface area is 185 Å². The molecule has 160 valence electrons. The van der Waals surface area contributed by atoms with Gasteiger partial charge in [0.15, 0.2) is 0 Å². The van der Waals surface area contributed by atoms with Crippen molar-refractivity contribution in [1.82, 2.24) is 4.98 Å². The van der Waals surface area contributed by atoms with Gasteiger partial charge in [0.2, 0.25) is 5.91 Å². The van der Waals surface area contributed by atoms with Crippen molar-refractivity contribution in [3.05, 3.63) is 71.1 Å². The molecule has 2 aromatic carbocycles. The average Bonchev–Trinajstić information content (AvgIpc) is 3.27. The monoisotopic (exact) mass is 438 g/mol. The highest BCUT2D eigenvalue weighted by molar-refractivity contribution is 6.30. The highest BCUT2D eigenvalue weighted by Gasteiger charge is 2.48. The van der Waals surface area contributed by atoms with Gasteiger partial charge in [-0.2, -0.15) is 0 Å². The number of nitrogens with zero attached hydrogens (tertiary/aromatic N) is 1. The molecule has 2 fully saturated rings. The molecule has 0 bridgehead atoms. The molecule has 3 aromatic rings. The van der Waals surface area contributed by atoms with Crippen LogP contribution >= 0.6 is 11.6 Å². The second-order valence-corrected chi connectivity index (χ2v) is 9.35. The van der Waals surface area contributed by atoms with E-state index in [1.165, 1.54) is 12.1 Å². The van der Waals surface area contributed by atoms with E-state index in [-0.39, 0.29) is 29.5 Å². The second-order valence-electron chi connectivity index (χ2n) is 8.91. The molecule has 1 heterocycles. The van der Waals surface area contributed by atoms with Crippen molar-refractivity contribution in [3.8, 4) is 0 Å². The van der Waals surface area contributed by atoms with Crippen molar-refractivity contribution in [3.63, 3.8) is 0 Å². The summed E-state index contributed by atoms with van der Waals surface area (Å²) in [5.74, 6) is 0.506. The zero-order chi connectivity index (χ0) is 21.5. The summed E-state index contributed by atoms with van der Waals surface area (Å²) in [5, 5.41) is 15.5. The van der Waals surface area contributed by atoms with Crippen LogP contribution in [0.1, 0.15) is 37.2 Å². The van der Waals surface area contributed by atoms with Crippen LogP contribution in [0.25, 0.3) is 10.9 Å². The topological polar surface area (TPSA) is 62.2 Å². The van der Waals surface area contributed by atoms with Crippen LogP contribution < -0.4 is 5.32 Å². The summed E-state index contributed by atoms with van der Waals surface area (Å²) in [6.45, 7) is 0. The number of aliphatic hydroxyl groups is 1. The third-order valence-electron chi connectivity index (χ3n) is 6.99. The molecule has 0 aliphatic heterocycles. The molecule has 2 N–H and O–H groups in total. The first-order chi connectivity index (χ1) is 15.0. The lowest BCUT2D eigenvalue weighted by Gasteiger charge is -2.21. The van der Waals surface area contributed by atoms with E-state index in [1.54, 1.807) is 36.5 Å². The fourth-order valence-corrected chi connectivity index (χ4v) is 5.80. The van der Waals surface area contributed by atoms with Gasteiger partial charge < -0.3 is 10.4 Å². The summed E-state index contributed by atoms with van der Waals surface area (Å²) in [7, 11) is 0. The Morgan fingerprint density at radius 2 is 1.94 bits per heavy atom. The van der Waals surface area contributed by atoms with E-state index in [4.69, 9.17) is 11.6 Å². The maximum absolute atomic E-state index is 13.8. The van der Waals surface area contributed by atoms with Crippen molar-refractivity contribution in [1.29, 1.82) is 0 Å². The molecule has 31 heavy (non-hydrogen) atoms. The smallest absolute Gasteiger partial charge is 0.224 e. The van der Waals surface area contributed by atoms with Crippen molar-refractivity contribution < 1.29 is 14.3 Å². The van der Waals surface area contributed by atoms with Crippen LogP contribution in [-0.2, 0) is 4.79 Å². The normalized spacial score (nSPS) is 27.4. The van der Waals surface area contributed by atoms with Crippen LogP contribution in [0.2, 0.25) is 5.02 Å². The third kappa shape index (κ3) is 4.04. The van der Waals surface area contributed by atoms with Gasteiger partial charge in [0.25, 0.3) is 0 Å². The molecule has 5 atom stereocenters. The first-order valence-corrected chi connectivity index (χ1v) is 11.1. The molecular formula is C25H24ClFN2O2. The SMILES string of the molecule is O=C(C[C@@H]1C[C@@H]2CC(c3ccnc4ccc(F)cc34)C(O)[C@@H]2C1)Nc1ccc(Cl)cc1. The number of aromatic nitrogens is 1. The molecular weight excluding hydrogens is 415 g/mol. The molecule has 0 spiro atoms. The van der Waals surface area contributed by atoms with Crippen LogP contribution in [-0.4, -0.2) is 22.1 Å². The van der Waals surface area contributed by atoms with Gasteiger partial charge in [-0.15, -0.1) is 0 Å². The van der Waals surface area contributed by atoms with Crippen molar-refractivity contribution in [2.45, 2.75) is 37.7 Å². The van der Waals surface area contributed by atoms with Crippen molar-refractivity contribution in [2.75, 3.05) is 5.32 Å². The molecule has 2 unspecified atom stereocenters. The Morgan fingerprint density at radius 1 is 1.13 bits per heavy atom. The maximum Gasteiger partial charge on any atom is 0.224 e. The molecule has 2 saturated carbocycles. The predicted octanol–water partition coefficient (Wildman–Crippen LogP) is 5.55. The first-order valence-electron chi connectivity index (χ1n) is 10.8. The molecule has 0 radical (unpaired) electrons. The number of nitrogens with one attached hydrogen (secondary N) is 1. The number of hydrogen-bond donors (Lipinski definition) is 2. The molecule has 0 saturated heterocycles. The fraction of sp³-hybridized carbons (Fsp3) is 0.360. The number of aliphatic hydroxyl groups excluding tert-OH is 1. The van der Waals surface area contributed by atoms with Crippen molar-refractivity contribution >= 4 is 34.1 Å². The van der Waals surface area contributed by atoms with Gasteiger partial charge in [-0.05, 0) is 91.1 Å².